The van der Waals surface area contributed by atoms with Gasteiger partial charge in [-0.3, -0.25) is 4.79 Å². The Kier molecular flexibility index (Phi) is 4.22. The molecule has 3 N–H and O–H groups in total. The van der Waals surface area contributed by atoms with E-state index in [0.29, 0.717) is 19.1 Å². The molecule has 1 atom stereocenters. The number of carbonyl (C=O) groups is 1. The van der Waals surface area contributed by atoms with Crippen molar-refractivity contribution in [2.75, 3.05) is 7.11 Å². The van der Waals surface area contributed by atoms with Crippen LogP contribution in [0.25, 0.3) is 0 Å². The van der Waals surface area contributed by atoms with Crippen LogP contribution in [0, 0.1) is 5.92 Å². The number of hydrogen-bond acceptors (Lipinski definition) is 3. The highest BCUT2D eigenvalue weighted by atomic mass is 16.5. The zero-order valence-corrected chi connectivity index (χ0v) is 11.6. The number of carbonyl (C=O) groups excluding carboxylic acids is 1. The third kappa shape index (κ3) is 3.33. The minimum atomic E-state index is -0.740. The second-order valence-corrected chi connectivity index (χ2v) is 5.44. The summed E-state index contributed by atoms with van der Waals surface area (Å²) >= 11 is 0. The SMILES string of the molecule is COCc1ccccc1CNC(=O)C(C)(N)C1CC1. The molecule has 4 nitrogen and oxygen atoms in total. The fraction of sp³-hybridized carbons (Fsp3) is 0.533. The van der Waals surface area contributed by atoms with Crippen LogP contribution < -0.4 is 11.1 Å². The molecule has 1 aromatic rings. The zero-order valence-electron chi connectivity index (χ0n) is 11.6. The minimum Gasteiger partial charge on any atom is -0.380 e. The van der Waals surface area contributed by atoms with Crippen molar-refractivity contribution < 1.29 is 9.53 Å². The molecule has 1 aliphatic rings. The van der Waals surface area contributed by atoms with Crippen molar-refractivity contribution >= 4 is 5.91 Å². The highest BCUT2D eigenvalue weighted by molar-refractivity contribution is 5.86. The first-order valence-corrected chi connectivity index (χ1v) is 6.68. The zero-order chi connectivity index (χ0) is 13.9. The van der Waals surface area contributed by atoms with E-state index in [0.717, 1.165) is 24.0 Å². The maximum atomic E-state index is 12.1. The minimum absolute atomic E-state index is 0.0674. The summed E-state index contributed by atoms with van der Waals surface area (Å²) in [7, 11) is 1.67. The first-order chi connectivity index (χ1) is 9.05. The molecule has 0 radical (unpaired) electrons. The summed E-state index contributed by atoms with van der Waals surface area (Å²) in [5, 5.41) is 2.94. The molecule has 0 heterocycles. The molecule has 0 saturated heterocycles. The van der Waals surface area contributed by atoms with Crippen molar-refractivity contribution in [2.45, 2.75) is 38.5 Å². The number of hydrogen-bond donors (Lipinski definition) is 2. The van der Waals surface area contributed by atoms with Crippen LogP contribution in [-0.4, -0.2) is 18.6 Å². The molecule has 1 fully saturated rings. The van der Waals surface area contributed by atoms with E-state index < -0.39 is 5.54 Å². The van der Waals surface area contributed by atoms with Gasteiger partial charge < -0.3 is 15.8 Å². The molecule has 0 aliphatic heterocycles. The third-order valence-corrected chi connectivity index (χ3v) is 3.77. The van der Waals surface area contributed by atoms with Crippen molar-refractivity contribution in [1.82, 2.24) is 5.32 Å². The van der Waals surface area contributed by atoms with Crippen LogP contribution in [0.2, 0.25) is 0 Å². The third-order valence-electron chi connectivity index (χ3n) is 3.77. The van der Waals surface area contributed by atoms with Crippen LogP contribution in [0.1, 0.15) is 30.9 Å². The quantitative estimate of drug-likeness (QED) is 0.818. The number of amides is 1. The van der Waals surface area contributed by atoms with Gasteiger partial charge in [0, 0.05) is 13.7 Å². The molecule has 4 heteroatoms. The average Bonchev–Trinajstić information content (AvgIpc) is 3.22. The smallest absolute Gasteiger partial charge is 0.240 e. The van der Waals surface area contributed by atoms with Crippen molar-refractivity contribution in [2.24, 2.45) is 11.7 Å². The van der Waals surface area contributed by atoms with Gasteiger partial charge in [-0.05, 0) is 36.8 Å². The van der Waals surface area contributed by atoms with E-state index in [4.69, 9.17) is 10.5 Å². The summed E-state index contributed by atoms with van der Waals surface area (Å²) in [6.45, 7) is 2.87. The fourth-order valence-corrected chi connectivity index (χ4v) is 2.26. The van der Waals surface area contributed by atoms with E-state index in [1.165, 1.54) is 0 Å². The highest BCUT2D eigenvalue weighted by Crippen LogP contribution is 2.38. The van der Waals surface area contributed by atoms with Crippen LogP contribution in [0.3, 0.4) is 0 Å². The molecule has 1 amide bonds. The lowest BCUT2D eigenvalue weighted by atomic mass is 9.96. The van der Waals surface area contributed by atoms with E-state index in [1.807, 2.05) is 31.2 Å². The lowest BCUT2D eigenvalue weighted by molar-refractivity contribution is -0.126. The number of rotatable bonds is 6. The Morgan fingerprint density at radius 1 is 1.42 bits per heavy atom. The maximum Gasteiger partial charge on any atom is 0.240 e. The Morgan fingerprint density at radius 2 is 2.05 bits per heavy atom. The van der Waals surface area contributed by atoms with Crippen molar-refractivity contribution in [3.8, 4) is 0 Å². The first-order valence-electron chi connectivity index (χ1n) is 6.68. The molecular formula is C15H22N2O2. The molecule has 0 aromatic heterocycles. The molecule has 1 saturated carbocycles. The highest BCUT2D eigenvalue weighted by Gasteiger charge is 2.43. The molecule has 1 aromatic carbocycles. The number of nitrogens with two attached hydrogens (primary N) is 1. The first kappa shape index (κ1) is 14.0. The van der Waals surface area contributed by atoms with E-state index in [1.54, 1.807) is 7.11 Å². The molecule has 2 rings (SSSR count). The van der Waals surface area contributed by atoms with Crippen LogP contribution in [0.4, 0.5) is 0 Å². The summed E-state index contributed by atoms with van der Waals surface area (Å²) in [6.07, 6.45) is 2.11. The van der Waals surface area contributed by atoms with E-state index in [2.05, 4.69) is 5.32 Å². The molecule has 1 aliphatic carbocycles. The summed E-state index contributed by atoms with van der Waals surface area (Å²) in [5.41, 5.74) is 7.52. The number of nitrogens with one attached hydrogen (secondary N) is 1. The molecular weight excluding hydrogens is 240 g/mol. The molecule has 19 heavy (non-hydrogen) atoms. The van der Waals surface area contributed by atoms with E-state index in [9.17, 15) is 4.79 Å². The predicted molar refractivity (Wildman–Crippen MR) is 74.3 cm³/mol. The Bertz CT molecular complexity index is 453. The standard InChI is InChI=1S/C15H22N2O2/c1-15(16,13-7-8-13)14(18)17-9-11-5-3-4-6-12(11)10-19-2/h3-6,13H,7-10,16H2,1-2H3,(H,17,18). The largest absolute Gasteiger partial charge is 0.380 e. The van der Waals surface area contributed by atoms with Crippen LogP contribution in [0.5, 0.6) is 0 Å². The van der Waals surface area contributed by atoms with E-state index >= 15 is 0 Å². The van der Waals surface area contributed by atoms with Crippen LogP contribution in [-0.2, 0) is 22.7 Å². The second kappa shape index (κ2) is 5.72. The van der Waals surface area contributed by atoms with E-state index in [-0.39, 0.29) is 5.91 Å². The van der Waals surface area contributed by atoms with Crippen molar-refractivity contribution in [3.05, 3.63) is 35.4 Å². The monoisotopic (exact) mass is 262 g/mol. The normalized spacial score (nSPS) is 17.8. The topological polar surface area (TPSA) is 64.3 Å². The number of methoxy groups -OCH3 is 1. The van der Waals surface area contributed by atoms with Gasteiger partial charge in [-0.15, -0.1) is 0 Å². The van der Waals surface area contributed by atoms with Gasteiger partial charge in [0.05, 0.1) is 12.1 Å². The Labute approximate surface area is 114 Å². The summed E-state index contributed by atoms with van der Waals surface area (Å²) < 4.78 is 5.15. The molecule has 104 valence electrons. The molecule has 0 bridgehead atoms. The van der Waals surface area contributed by atoms with Gasteiger partial charge in [0.2, 0.25) is 5.91 Å². The fourth-order valence-electron chi connectivity index (χ4n) is 2.26. The average molecular weight is 262 g/mol. The summed E-state index contributed by atoms with van der Waals surface area (Å²) in [4.78, 5) is 12.1. The number of ether oxygens (including phenoxy) is 1. The van der Waals surface area contributed by atoms with Crippen LogP contribution >= 0.6 is 0 Å². The van der Waals surface area contributed by atoms with Gasteiger partial charge >= 0.3 is 0 Å². The Balaban J connectivity index is 1.96. The lowest BCUT2D eigenvalue weighted by Gasteiger charge is -2.23. The molecule has 0 spiro atoms. The van der Waals surface area contributed by atoms with Crippen molar-refractivity contribution in [1.29, 1.82) is 0 Å². The molecule has 1 unspecified atom stereocenters. The van der Waals surface area contributed by atoms with Crippen molar-refractivity contribution in [3.63, 3.8) is 0 Å². The maximum absolute atomic E-state index is 12.1. The van der Waals surface area contributed by atoms with Gasteiger partial charge in [-0.1, -0.05) is 24.3 Å². The second-order valence-electron chi connectivity index (χ2n) is 5.44. The van der Waals surface area contributed by atoms with Gasteiger partial charge in [-0.25, -0.2) is 0 Å². The summed E-state index contributed by atoms with van der Waals surface area (Å²) in [5.74, 6) is 0.268. The van der Waals surface area contributed by atoms with Crippen LogP contribution in [0.15, 0.2) is 24.3 Å². The van der Waals surface area contributed by atoms with Gasteiger partial charge in [0.25, 0.3) is 0 Å². The van der Waals surface area contributed by atoms with Gasteiger partial charge in [0.15, 0.2) is 0 Å². The predicted octanol–water partition coefficient (Wildman–Crippen LogP) is 1.58. The number of benzene rings is 1. The Morgan fingerprint density at radius 3 is 2.63 bits per heavy atom. The summed E-state index contributed by atoms with van der Waals surface area (Å²) in [6, 6.07) is 7.94. The van der Waals surface area contributed by atoms with Gasteiger partial charge in [0.1, 0.15) is 0 Å². The van der Waals surface area contributed by atoms with Gasteiger partial charge in [-0.2, -0.15) is 0 Å². The Hall–Kier alpha value is -1.39. The lowest BCUT2D eigenvalue weighted by Crippen LogP contribution is -2.53.